The van der Waals surface area contributed by atoms with Crippen LogP contribution in [0.15, 0.2) is 0 Å². The molecule has 1 fully saturated rings. The molecule has 0 saturated heterocycles. The number of hydrogen-bond donors (Lipinski definition) is 0. The lowest BCUT2D eigenvalue weighted by atomic mass is 10.3. The van der Waals surface area contributed by atoms with Crippen molar-refractivity contribution in [1.82, 2.24) is 0 Å². The molecule has 0 aromatic heterocycles. The summed E-state index contributed by atoms with van der Waals surface area (Å²) in [5.41, 5.74) is 0. The van der Waals surface area contributed by atoms with Crippen molar-refractivity contribution in [2.24, 2.45) is 11.8 Å². The zero-order valence-electron chi connectivity index (χ0n) is 8.58. The fourth-order valence-electron chi connectivity index (χ4n) is 1.29. The van der Waals surface area contributed by atoms with E-state index in [4.69, 9.17) is 9.47 Å². The van der Waals surface area contributed by atoms with Gasteiger partial charge in [0.05, 0.1) is 25.2 Å². The number of hydrogen-bond acceptors (Lipinski definition) is 3. The van der Waals surface area contributed by atoms with Crippen molar-refractivity contribution in [2.45, 2.75) is 33.3 Å². The third kappa shape index (κ3) is 3.35. The molecular formula is C10H18O3. The van der Waals surface area contributed by atoms with Crippen LogP contribution in [0.4, 0.5) is 0 Å². The Morgan fingerprint density at radius 1 is 1.54 bits per heavy atom. The van der Waals surface area contributed by atoms with E-state index in [1.807, 2.05) is 20.8 Å². The molecule has 0 heterocycles. The quantitative estimate of drug-likeness (QED) is 0.612. The molecule has 3 nitrogen and oxygen atoms in total. The third-order valence-electron chi connectivity index (χ3n) is 2.16. The first-order valence-corrected chi connectivity index (χ1v) is 4.93. The zero-order valence-corrected chi connectivity index (χ0v) is 8.58. The second-order valence-electron chi connectivity index (χ2n) is 3.74. The fraction of sp³-hybridized carbons (Fsp3) is 0.900. The first-order valence-electron chi connectivity index (χ1n) is 4.93. The van der Waals surface area contributed by atoms with E-state index in [-0.39, 0.29) is 18.0 Å². The summed E-state index contributed by atoms with van der Waals surface area (Å²) in [6.45, 7) is 7.01. The van der Waals surface area contributed by atoms with Gasteiger partial charge in [-0.2, -0.15) is 0 Å². The highest BCUT2D eigenvalue weighted by molar-refractivity contribution is 5.75. The maximum atomic E-state index is 11.2. The summed E-state index contributed by atoms with van der Waals surface area (Å²) in [7, 11) is 0. The minimum Gasteiger partial charge on any atom is -0.466 e. The van der Waals surface area contributed by atoms with Crippen molar-refractivity contribution < 1.29 is 14.3 Å². The Morgan fingerprint density at radius 3 is 2.77 bits per heavy atom. The van der Waals surface area contributed by atoms with E-state index in [1.165, 1.54) is 0 Å². The van der Waals surface area contributed by atoms with Crippen molar-refractivity contribution in [3.63, 3.8) is 0 Å². The second-order valence-corrected chi connectivity index (χ2v) is 3.74. The van der Waals surface area contributed by atoms with Gasteiger partial charge in [0.25, 0.3) is 0 Å². The van der Waals surface area contributed by atoms with Crippen LogP contribution in [-0.2, 0) is 14.3 Å². The Labute approximate surface area is 79.4 Å². The number of rotatable bonds is 5. The van der Waals surface area contributed by atoms with Gasteiger partial charge >= 0.3 is 5.97 Å². The van der Waals surface area contributed by atoms with E-state index in [0.717, 1.165) is 6.42 Å². The molecule has 0 amide bonds. The van der Waals surface area contributed by atoms with Crippen LogP contribution in [-0.4, -0.2) is 25.3 Å². The van der Waals surface area contributed by atoms with Gasteiger partial charge in [0.15, 0.2) is 0 Å². The molecule has 2 atom stereocenters. The van der Waals surface area contributed by atoms with Crippen LogP contribution < -0.4 is 0 Å². The van der Waals surface area contributed by atoms with Crippen molar-refractivity contribution in [2.75, 3.05) is 13.2 Å². The molecule has 76 valence electrons. The summed E-state index contributed by atoms with van der Waals surface area (Å²) >= 11 is 0. The predicted molar refractivity (Wildman–Crippen MR) is 49.3 cm³/mol. The van der Waals surface area contributed by atoms with Crippen LogP contribution in [0.2, 0.25) is 0 Å². The van der Waals surface area contributed by atoms with Crippen LogP contribution in [0.5, 0.6) is 0 Å². The second kappa shape index (κ2) is 4.61. The smallest absolute Gasteiger partial charge is 0.309 e. The van der Waals surface area contributed by atoms with E-state index in [9.17, 15) is 4.79 Å². The van der Waals surface area contributed by atoms with Gasteiger partial charge in [0.1, 0.15) is 0 Å². The standard InChI is InChI=1S/C10H18O3/c1-4-12-10(11)9-5-8(9)6-13-7(2)3/h7-9H,4-6H2,1-3H3/t8-,9-/m0/s1. The van der Waals surface area contributed by atoms with Gasteiger partial charge in [-0.25, -0.2) is 0 Å². The Morgan fingerprint density at radius 2 is 2.23 bits per heavy atom. The lowest BCUT2D eigenvalue weighted by molar-refractivity contribution is -0.145. The average molecular weight is 186 g/mol. The predicted octanol–water partition coefficient (Wildman–Crippen LogP) is 1.61. The molecule has 0 aromatic carbocycles. The maximum Gasteiger partial charge on any atom is 0.309 e. The highest BCUT2D eigenvalue weighted by atomic mass is 16.5. The highest BCUT2D eigenvalue weighted by Gasteiger charge is 2.44. The molecule has 3 heteroatoms. The normalized spacial score (nSPS) is 26.2. The van der Waals surface area contributed by atoms with Crippen LogP contribution in [0.3, 0.4) is 0 Å². The van der Waals surface area contributed by atoms with Gasteiger partial charge in [-0.1, -0.05) is 0 Å². The number of ether oxygens (including phenoxy) is 2. The molecule has 0 spiro atoms. The Hall–Kier alpha value is -0.570. The van der Waals surface area contributed by atoms with E-state index >= 15 is 0 Å². The van der Waals surface area contributed by atoms with Gasteiger partial charge < -0.3 is 9.47 Å². The summed E-state index contributed by atoms with van der Waals surface area (Å²) in [6, 6.07) is 0. The largest absolute Gasteiger partial charge is 0.466 e. The first kappa shape index (κ1) is 10.5. The molecule has 1 aliphatic carbocycles. The van der Waals surface area contributed by atoms with Crippen molar-refractivity contribution in [3.05, 3.63) is 0 Å². The number of esters is 1. The van der Waals surface area contributed by atoms with E-state index in [1.54, 1.807) is 0 Å². The Kier molecular flexibility index (Phi) is 3.72. The van der Waals surface area contributed by atoms with Gasteiger partial charge in [0.2, 0.25) is 0 Å². The van der Waals surface area contributed by atoms with Crippen LogP contribution in [0.25, 0.3) is 0 Å². The topological polar surface area (TPSA) is 35.5 Å². The molecule has 0 radical (unpaired) electrons. The Bertz CT molecular complexity index is 177. The summed E-state index contributed by atoms with van der Waals surface area (Å²) < 4.78 is 10.3. The molecule has 1 aliphatic rings. The van der Waals surface area contributed by atoms with Gasteiger partial charge in [0, 0.05) is 0 Å². The van der Waals surface area contributed by atoms with Crippen molar-refractivity contribution in [1.29, 1.82) is 0 Å². The van der Waals surface area contributed by atoms with Gasteiger partial charge in [-0.15, -0.1) is 0 Å². The van der Waals surface area contributed by atoms with E-state index < -0.39 is 0 Å². The summed E-state index contributed by atoms with van der Waals surface area (Å²) in [6.07, 6.45) is 1.19. The van der Waals surface area contributed by atoms with Crippen LogP contribution in [0, 0.1) is 11.8 Å². The summed E-state index contributed by atoms with van der Waals surface area (Å²) in [5.74, 6) is 0.458. The molecular weight excluding hydrogens is 168 g/mol. The van der Waals surface area contributed by atoms with Gasteiger partial charge in [-0.3, -0.25) is 4.79 Å². The molecule has 1 saturated carbocycles. The molecule has 1 rings (SSSR count). The minimum atomic E-state index is -0.0557. The monoisotopic (exact) mass is 186 g/mol. The van der Waals surface area contributed by atoms with Crippen LogP contribution >= 0.6 is 0 Å². The zero-order chi connectivity index (χ0) is 9.84. The van der Waals surface area contributed by atoms with E-state index in [0.29, 0.717) is 19.1 Å². The summed E-state index contributed by atoms with van der Waals surface area (Å²) in [5, 5.41) is 0. The number of carbonyl (C=O) groups is 1. The molecule has 0 unspecified atom stereocenters. The third-order valence-corrected chi connectivity index (χ3v) is 2.16. The molecule has 0 N–H and O–H groups in total. The molecule has 0 aromatic rings. The minimum absolute atomic E-state index is 0.0557. The Balaban J connectivity index is 2.11. The average Bonchev–Trinajstić information content (AvgIpc) is 2.80. The highest BCUT2D eigenvalue weighted by Crippen LogP contribution is 2.39. The van der Waals surface area contributed by atoms with Crippen molar-refractivity contribution in [3.8, 4) is 0 Å². The molecule has 13 heavy (non-hydrogen) atoms. The van der Waals surface area contributed by atoms with Crippen molar-refractivity contribution >= 4 is 5.97 Å². The van der Waals surface area contributed by atoms with Gasteiger partial charge in [-0.05, 0) is 33.1 Å². The lowest BCUT2D eigenvalue weighted by Crippen LogP contribution is -2.11. The number of carbonyl (C=O) groups excluding carboxylic acids is 1. The maximum absolute atomic E-state index is 11.2. The summed E-state index contributed by atoms with van der Waals surface area (Å²) in [4.78, 5) is 11.2. The first-order chi connectivity index (χ1) is 6.15. The van der Waals surface area contributed by atoms with Crippen LogP contribution in [0.1, 0.15) is 27.2 Å². The molecule has 0 bridgehead atoms. The fourth-order valence-corrected chi connectivity index (χ4v) is 1.29. The molecule has 0 aliphatic heterocycles. The lowest BCUT2D eigenvalue weighted by Gasteiger charge is -2.06. The van der Waals surface area contributed by atoms with E-state index in [2.05, 4.69) is 0 Å². The SMILES string of the molecule is CCOC(=O)[C@H]1C[C@H]1COC(C)C.